The highest BCUT2D eigenvalue weighted by Crippen LogP contribution is 2.22. The zero-order chi connectivity index (χ0) is 9.61. The summed E-state index contributed by atoms with van der Waals surface area (Å²) in [5, 5.41) is 0. The van der Waals surface area contributed by atoms with E-state index in [4.69, 9.17) is 0 Å². The van der Waals surface area contributed by atoms with Crippen molar-refractivity contribution in [2.24, 2.45) is 0 Å². The van der Waals surface area contributed by atoms with Crippen molar-refractivity contribution in [3.63, 3.8) is 0 Å². The van der Waals surface area contributed by atoms with Crippen LogP contribution in [0.2, 0.25) is 0 Å². The third-order valence-electron chi connectivity index (χ3n) is 1.30. The Balaban J connectivity index is 3.86. The third kappa shape index (κ3) is 3.41. The fraction of sp³-hybridized carbons (Fsp3) is 0.714. The molecule has 0 aliphatic rings. The van der Waals surface area contributed by atoms with E-state index in [1.165, 1.54) is 0 Å². The number of halogens is 2. The summed E-state index contributed by atoms with van der Waals surface area (Å²) in [6.45, 7) is 0. The van der Waals surface area contributed by atoms with Crippen LogP contribution in [0.1, 0.15) is 19.3 Å². The minimum absolute atomic E-state index is 0.00833. The maximum Gasteiger partial charge on any atom is 0.376 e. The Morgan fingerprint density at radius 1 is 1.58 bits per heavy atom. The minimum Gasteiger partial charge on any atom is -0.465 e. The predicted octanol–water partition coefficient (Wildman–Crippen LogP) is 1.16. The molecule has 0 spiro atoms. The van der Waals surface area contributed by atoms with Crippen molar-refractivity contribution in [1.29, 1.82) is 0 Å². The number of ether oxygens (including phenoxy) is 1. The van der Waals surface area contributed by atoms with Gasteiger partial charge in [0.15, 0.2) is 0 Å². The van der Waals surface area contributed by atoms with Crippen LogP contribution in [0.4, 0.5) is 8.78 Å². The molecule has 0 bridgehead atoms. The van der Waals surface area contributed by atoms with Crippen LogP contribution in [0, 0.1) is 0 Å². The number of rotatable bonds is 5. The fourth-order valence-corrected chi connectivity index (χ4v) is 0.659. The van der Waals surface area contributed by atoms with Crippen LogP contribution in [0.5, 0.6) is 0 Å². The average Bonchev–Trinajstić information content (AvgIpc) is 2.03. The van der Waals surface area contributed by atoms with Crippen molar-refractivity contribution in [3.8, 4) is 0 Å². The normalized spacial score (nSPS) is 10.9. The number of unbranched alkanes of at least 4 members (excludes halogenated alkanes) is 1. The molecule has 0 amide bonds. The predicted molar refractivity (Wildman–Crippen MR) is 36.9 cm³/mol. The molecule has 12 heavy (non-hydrogen) atoms. The van der Waals surface area contributed by atoms with E-state index in [1.807, 2.05) is 0 Å². The van der Waals surface area contributed by atoms with E-state index >= 15 is 0 Å². The van der Waals surface area contributed by atoms with Gasteiger partial charge in [-0.1, -0.05) is 0 Å². The van der Waals surface area contributed by atoms with Crippen LogP contribution in [-0.4, -0.2) is 25.3 Å². The van der Waals surface area contributed by atoms with Gasteiger partial charge in [0, 0.05) is 12.8 Å². The molecule has 0 unspecified atom stereocenters. The first-order valence-corrected chi connectivity index (χ1v) is 3.44. The first-order valence-electron chi connectivity index (χ1n) is 3.44. The Hall–Kier alpha value is -1.00. The maximum atomic E-state index is 12.6. The van der Waals surface area contributed by atoms with E-state index < -0.39 is 18.3 Å². The van der Waals surface area contributed by atoms with E-state index in [0.29, 0.717) is 6.29 Å². The van der Waals surface area contributed by atoms with Crippen LogP contribution in [0.3, 0.4) is 0 Å². The standard InChI is InChI=1S/C7H10F2O3/c1-12-6(11)7(8,9)4-2-3-5-10/h5H,2-4H2,1H3. The Morgan fingerprint density at radius 3 is 2.58 bits per heavy atom. The summed E-state index contributed by atoms with van der Waals surface area (Å²) in [5.74, 6) is -5.01. The molecule has 0 N–H and O–H groups in total. The third-order valence-corrected chi connectivity index (χ3v) is 1.30. The van der Waals surface area contributed by atoms with Gasteiger partial charge in [-0.05, 0) is 6.42 Å². The van der Waals surface area contributed by atoms with Gasteiger partial charge in [-0.25, -0.2) is 4.79 Å². The monoisotopic (exact) mass is 180 g/mol. The average molecular weight is 180 g/mol. The smallest absolute Gasteiger partial charge is 0.376 e. The van der Waals surface area contributed by atoms with Gasteiger partial charge in [-0.3, -0.25) is 0 Å². The molecule has 0 fully saturated rings. The number of esters is 1. The van der Waals surface area contributed by atoms with E-state index in [2.05, 4.69) is 4.74 Å². The molecule has 0 aromatic heterocycles. The zero-order valence-corrected chi connectivity index (χ0v) is 6.68. The molecule has 70 valence electrons. The Labute approximate surface area is 68.7 Å². The van der Waals surface area contributed by atoms with Crippen molar-refractivity contribution in [2.75, 3.05) is 7.11 Å². The van der Waals surface area contributed by atoms with Gasteiger partial charge < -0.3 is 9.53 Å². The lowest BCUT2D eigenvalue weighted by Gasteiger charge is -2.11. The molecule has 0 aliphatic heterocycles. The molecule has 0 heterocycles. The first kappa shape index (κ1) is 11.0. The molecule has 0 aromatic carbocycles. The van der Waals surface area contributed by atoms with E-state index in [9.17, 15) is 18.4 Å². The summed E-state index contributed by atoms with van der Waals surface area (Å²) in [6.07, 6.45) is -0.0794. The topological polar surface area (TPSA) is 43.4 Å². The summed E-state index contributed by atoms with van der Waals surface area (Å²) < 4.78 is 29.0. The van der Waals surface area contributed by atoms with E-state index in [0.717, 1.165) is 7.11 Å². The molecule has 0 aromatic rings. The van der Waals surface area contributed by atoms with Crippen LogP contribution in [0.15, 0.2) is 0 Å². The zero-order valence-electron chi connectivity index (χ0n) is 6.68. The van der Waals surface area contributed by atoms with Crippen molar-refractivity contribution >= 4 is 12.3 Å². The molecule has 0 atom stereocenters. The van der Waals surface area contributed by atoms with Gasteiger partial charge >= 0.3 is 11.9 Å². The lowest BCUT2D eigenvalue weighted by molar-refractivity contribution is -0.169. The number of carbonyl (C=O) groups is 2. The SMILES string of the molecule is COC(=O)C(F)(F)CCCC=O. The van der Waals surface area contributed by atoms with E-state index in [-0.39, 0.29) is 12.8 Å². The van der Waals surface area contributed by atoms with Gasteiger partial charge in [-0.2, -0.15) is 8.78 Å². The summed E-state index contributed by atoms with van der Waals surface area (Å²) in [6, 6.07) is 0. The van der Waals surface area contributed by atoms with Gasteiger partial charge in [0.25, 0.3) is 0 Å². The second-order valence-electron chi connectivity index (χ2n) is 2.25. The highest BCUT2D eigenvalue weighted by molar-refractivity contribution is 5.77. The number of hydrogen-bond acceptors (Lipinski definition) is 3. The highest BCUT2D eigenvalue weighted by Gasteiger charge is 2.38. The van der Waals surface area contributed by atoms with Crippen molar-refractivity contribution < 1.29 is 23.1 Å². The van der Waals surface area contributed by atoms with Crippen LogP contribution in [-0.2, 0) is 14.3 Å². The molecule has 0 radical (unpaired) electrons. The number of hydrogen-bond donors (Lipinski definition) is 0. The lowest BCUT2D eigenvalue weighted by Crippen LogP contribution is -2.29. The van der Waals surface area contributed by atoms with Gasteiger partial charge in [0.2, 0.25) is 0 Å². The van der Waals surface area contributed by atoms with Crippen molar-refractivity contribution in [2.45, 2.75) is 25.2 Å². The Bertz CT molecular complexity index is 168. The number of carbonyl (C=O) groups excluding carboxylic acids is 2. The number of methoxy groups -OCH3 is 1. The van der Waals surface area contributed by atoms with Gasteiger partial charge in [0.1, 0.15) is 6.29 Å². The van der Waals surface area contributed by atoms with Gasteiger partial charge in [-0.15, -0.1) is 0 Å². The van der Waals surface area contributed by atoms with Crippen LogP contribution < -0.4 is 0 Å². The highest BCUT2D eigenvalue weighted by atomic mass is 19.3. The van der Waals surface area contributed by atoms with Crippen molar-refractivity contribution in [3.05, 3.63) is 0 Å². The maximum absolute atomic E-state index is 12.6. The van der Waals surface area contributed by atoms with E-state index in [1.54, 1.807) is 0 Å². The fourth-order valence-electron chi connectivity index (χ4n) is 0.659. The molecule has 3 nitrogen and oxygen atoms in total. The number of alkyl halides is 2. The number of aldehydes is 1. The summed E-state index contributed by atoms with van der Waals surface area (Å²) in [5.41, 5.74) is 0. The Kier molecular flexibility index (Phi) is 4.39. The molecular formula is C7H10F2O3. The molecular weight excluding hydrogens is 170 g/mol. The first-order chi connectivity index (χ1) is 5.54. The lowest BCUT2D eigenvalue weighted by atomic mass is 10.1. The molecule has 0 aliphatic carbocycles. The van der Waals surface area contributed by atoms with Gasteiger partial charge in [0.05, 0.1) is 7.11 Å². The van der Waals surface area contributed by atoms with Crippen molar-refractivity contribution in [1.82, 2.24) is 0 Å². The minimum atomic E-state index is -3.46. The molecule has 0 saturated carbocycles. The van der Waals surface area contributed by atoms with Crippen LogP contribution in [0.25, 0.3) is 0 Å². The quantitative estimate of drug-likeness (QED) is 0.362. The Morgan fingerprint density at radius 2 is 2.17 bits per heavy atom. The second kappa shape index (κ2) is 4.79. The van der Waals surface area contributed by atoms with Crippen LogP contribution >= 0.6 is 0 Å². The molecule has 0 saturated heterocycles. The summed E-state index contributed by atoms with van der Waals surface area (Å²) >= 11 is 0. The second-order valence-corrected chi connectivity index (χ2v) is 2.25. The molecule has 0 rings (SSSR count). The summed E-state index contributed by atoms with van der Waals surface area (Å²) in [4.78, 5) is 20.1. The largest absolute Gasteiger partial charge is 0.465 e. The summed E-state index contributed by atoms with van der Waals surface area (Å²) in [7, 11) is 0.899. The molecule has 5 heteroatoms.